The van der Waals surface area contributed by atoms with E-state index in [0.29, 0.717) is 17.9 Å². The van der Waals surface area contributed by atoms with Crippen molar-refractivity contribution < 1.29 is 19.4 Å². The number of benzene rings is 1. The fourth-order valence-corrected chi connectivity index (χ4v) is 1.80. The molecule has 17 heavy (non-hydrogen) atoms. The molecule has 0 aliphatic carbocycles. The van der Waals surface area contributed by atoms with Crippen molar-refractivity contribution >= 4 is 11.9 Å². The lowest BCUT2D eigenvalue weighted by atomic mass is 9.99. The van der Waals surface area contributed by atoms with Gasteiger partial charge >= 0.3 is 5.97 Å². The first-order chi connectivity index (χ1) is 8.08. The highest BCUT2D eigenvalue weighted by Crippen LogP contribution is 2.23. The normalized spacial score (nSPS) is 14.4. The molecule has 1 aromatic carbocycles. The molecule has 0 saturated carbocycles. The molecule has 0 saturated heterocycles. The van der Waals surface area contributed by atoms with Crippen molar-refractivity contribution in [3.63, 3.8) is 0 Å². The average Bonchev–Trinajstić information content (AvgIpc) is 2.31. The van der Waals surface area contributed by atoms with E-state index in [0.717, 1.165) is 12.0 Å². The second kappa shape index (κ2) is 4.45. The van der Waals surface area contributed by atoms with Gasteiger partial charge < -0.3 is 14.7 Å². The van der Waals surface area contributed by atoms with Crippen LogP contribution in [0.3, 0.4) is 0 Å². The Labute approximate surface area is 98.6 Å². The lowest BCUT2D eigenvalue weighted by Gasteiger charge is -2.24. The van der Waals surface area contributed by atoms with Crippen LogP contribution in [0.25, 0.3) is 0 Å². The molecule has 0 unspecified atom stereocenters. The van der Waals surface area contributed by atoms with Gasteiger partial charge in [-0.3, -0.25) is 4.79 Å². The number of aliphatic carboxylic acids is 1. The predicted molar refractivity (Wildman–Crippen MR) is 60.2 cm³/mol. The van der Waals surface area contributed by atoms with Crippen molar-refractivity contribution in [2.24, 2.45) is 0 Å². The molecular formula is C12H13NO4. The van der Waals surface area contributed by atoms with Crippen molar-refractivity contribution in [3.05, 3.63) is 29.3 Å². The standard InChI is InChI=1S/C12H13NO4/c1-13-5-4-8-2-3-9(17-7-11(14)15)6-10(8)12(13)16/h2-3,6H,4-5,7H2,1H3,(H,14,15). The number of carbonyl (C=O) groups excluding carboxylic acids is 1. The van der Waals surface area contributed by atoms with Crippen molar-refractivity contribution in [3.8, 4) is 5.75 Å². The number of nitrogens with zero attached hydrogens (tertiary/aromatic N) is 1. The van der Waals surface area contributed by atoms with Gasteiger partial charge in [-0.15, -0.1) is 0 Å². The highest BCUT2D eigenvalue weighted by Gasteiger charge is 2.21. The summed E-state index contributed by atoms with van der Waals surface area (Å²) in [6.45, 7) is 0.310. The van der Waals surface area contributed by atoms with Gasteiger partial charge in [0.15, 0.2) is 6.61 Å². The number of carbonyl (C=O) groups is 2. The largest absolute Gasteiger partial charge is 0.482 e. The Bertz CT molecular complexity index is 470. The first-order valence-electron chi connectivity index (χ1n) is 5.31. The second-order valence-electron chi connectivity index (χ2n) is 3.98. The maximum Gasteiger partial charge on any atom is 0.341 e. The van der Waals surface area contributed by atoms with Gasteiger partial charge in [-0.1, -0.05) is 6.07 Å². The molecule has 1 aromatic rings. The zero-order chi connectivity index (χ0) is 12.4. The molecule has 5 nitrogen and oxygen atoms in total. The van der Waals surface area contributed by atoms with E-state index in [-0.39, 0.29) is 5.91 Å². The van der Waals surface area contributed by atoms with Crippen LogP contribution in [0, 0.1) is 0 Å². The number of carboxylic acid groups (broad SMARTS) is 1. The minimum Gasteiger partial charge on any atom is -0.482 e. The molecule has 1 aliphatic rings. The van der Waals surface area contributed by atoms with Gasteiger partial charge in [0.05, 0.1) is 0 Å². The number of hydrogen-bond donors (Lipinski definition) is 1. The molecule has 1 amide bonds. The van der Waals surface area contributed by atoms with E-state index in [1.807, 2.05) is 6.07 Å². The van der Waals surface area contributed by atoms with Crippen LogP contribution in [-0.4, -0.2) is 42.1 Å². The number of fused-ring (bicyclic) bond motifs is 1. The SMILES string of the molecule is CN1CCc2ccc(OCC(=O)O)cc2C1=O. The fraction of sp³-hybridized carbons (Fsp3) is 0.333. The van der Waals surface area contributed by atoms with Crippen LogP contribution in [0.4, 0.5) is 0 Å². The van der Waals surface area contributed by atoms with Gasteiger partial charge in [0, 0.05) is 19.2 Å². The number of ether oxygens (including phenoxy) is 1. The van der Waals surface area contributed by atoms with E-state index in [9.17, 15) is 9.59 Å². The first-order valence-corrected chi connectivity index (χ1v) is 5.31. The molecule has 1 N–H and O–H groups in total. The zero-order valence-electron chi connectivity index (χ0n) is 9.47. The highest BCUT2D eigenvalue weighted by atomic mass is 16.5. The molecule has 1 aliphatic heterocycles. The number of likely N-dealkylation sites (N-methyl/N-ethyl adjacent to an activating group) is 1. The van der Waals surface area contributed by atoms with E-state index in [4.69, 9.17) is 9.84 Å². The van der Waals surface area contributed by atoms with Crippen LogP contribution in [0.1, 0.15) is 15.9 Å². The minimum atomic E-state index is -1.04. The number of rotatable bonds is 3. The van der Waals surface area contributed by atoms with Crippen molar-refractivity contribution in [1.29, 1.82) is 0 Å². The Morgan fingerprint density at radius 1 is 1.53 bits per heavy atom. The lowest BCUT2D eigenvalue weighted by Crippen LogP contribution is -2.34. The summed E-state index contributed by atoms with van der Waals surface area (Å²) in [5, 5.41) is 8.51. The molecule has 0 radical (unpaired) electrons. The summed E-state index contributed by atoms with van der Waals surface area (Å²) in [5.41, 5.74) is 1.58. The minimum absolute atomic E-state index is 0.0491. The van der Waals surface area contributed by atoms with Crippen LogP contribution >= 0.6 is 0 Å². The van der Waals surface area contributed by atoms with Crippen LogP contribution in [0.2, 0.25) is 0 Å². The summed E-state index contributed by atoms with van der Waals surface area (Å²) in [5.74, 6) is -0.673. The third-order valence-corrected chi connectivity index (χ3v) is 2.74. The van der Waals surface area contributed by atoms with Crippen molar-refractivity contribution in [1.82, 2.24) is 4.90 Å². The van der Waals surface area contributed by atoms with Gasteiger partial charge in [0.2, 0.25) is 0 Å². The Morgan fingerprint density at radius 2 is 2.29 bits per heavy atom. The molecule has 0 spiro atoms. The molecule has 90 valence electrons. The lowest BCUT2D eigenvalue weighted by molar-refractivity contribution is -0.139. The molecule has 5 heteroatoms. The summed E-state index contributed by atoms with van der Waals surface area (Å²) in [6, 6.07) is 5.12. The number of carboxylic acids is 1. The monoisotopic (exact) mass is 235 g/mol. The summed E-state index contributed by atoms with van der Waals surface area (Å²) < 4.78 is 5.05. The molecule has 1 heterocycles. The number of amides is 1. The van der Waals surface area contributed by atoms with E-state index in [2.05, 4.69) is 0 Å². The maximum absolute atomic E-state index is 11.9. The summed E-state index contributed by atoms with van der Waals surface area (Å²) >= 11 is 0. The zero-order valence-corrected chi connectivity index (χ0v) is 9.47. The predicted octanol–water partition coefficient (Wildman–Crippen LogP) is 0.778. The first kappa shape index (κ1) is 11.4. The summed E-state index contributed by atoms with van der Waals surface area (Å²) in [6.07, 6.45) is 0.816. The fourth-order valence-electron chi connectivity index (χ4n) is 1.80. The molecule has 0 fully saturated rings. The highest BCUT2D eigenvalue weighted by molar-refractivity contribution is 5.97. The smallest absolute Gasteiger partial charge is 0.341 e. The molecule has 0 aromatic heterocycles. The Morgan fingerprint density at radius 3 is 3.00 bits per heavy atom. The molecule has 0 atom stereocenters. The Balaban J connectivity index is 2.23. The average molecular weight is 235 g/mol. The van der Waals surface area contributed by atoms with Crippen LogP contribution in [0.15, 0.2) is 18.2 Å². The van der Waals surface area contributed by atoms with Crippen LogP contribution in [0.5, 0.6) is 5.75 Å². The third-order valence-electron chi connectivity index (χ3n) is 2.74. The molecular weight excluding hydrogens is 222 g/mol. The van der Waals surface area contributed by atoms with E-state index >= 15 is 0 Å². The molecule has 0 bridgehead atoms. The van der Waals surface area contributed by atoms with Gasteiger partial charge in [-0.25, -0.2) is 4.79 Å². The third kappa shape index (κ3) is 2.38. The number of hydrogen-bond acceptors (Lipinski definition) is 3. The topological polar surface area (TPSA) is 66.8 Å². The van der Waals surface area contributed by atoms with Crippen LogP contribution in [-0.2, 0) is 11.2 Å². The van der Waals surface area contributed by atoms with Crippen molar-refractivity contribution in [2.45, 2.75) is 6.42 Å². The van der Waals surface area contributed by atoms with Crippen molar-refractivity contribution in [2.75, 3.05) is 20.2 Å². The van der Waals surface area contributed by atoms with E-state index in [1.54, 1.807) is 24.1 Å². The van der Waals surface area contributed by atoms with Gasteiger partial charge in [0.1, 0.15) is 5.75 Å². The van der Waals surface area contributed by atoms with E-state index in [1.165, 1.54) is 0 Å². The Kier molecular flexibility index (Phi) is 2.99. The Hall–Kier alpha value is -2.04. The van der Waals surface area contributed by atoms with Crippen LogP contribution < -0.4 is 4.74 Å². The summed E-state index contributed by atoms with van der Waals surface area (Å²) in [7, 11) is 1.75. The maximum atomic E-state index is 11.9. The quantitative estimate of drug-likeness (QED) is 0.840. The second-order valence-corrected chi connectivity index (χ2v) is 3.98. The van der Waals surface area contributed by atoms with Gasteiger partial charge in [-0.05, 0) is 24.1 Å². The van der Waals surface area contributed by atoms with E-state index < -0.39 is 12.6 Å². The van der Waals surface area contributed by atoms with Gasteiger partial charge in [0.25, 0.3) is 5.91 Å². The molecule has 2 rings (SSSR count). The summed E-state index contributed by atoms with van der Waals surface area (Å²) in [4.78, 5) is 23.9. The van der Waals surface area contributed by atoms with Gasteiger partial charge in [-0.2, -0.15) is 0 Å².